The van der Waals surface area contributed by atoms with Crippen LogP contribution in [0.1, 0.15) is 34.5 Å². The molecule has 3 aromatic carbocycles. The molecule has 6 heteroatoms. The van der Waals surface area contributed by atoms with E-state index < -0.39 is 0 Å². The van der Waals surface area contributed by atoms with E-state index in [1.165, 1.54) is 18.6 Å². The van der Waals surface area contributed by atoms with Crippen LogP contribution in [0.3, 0.4) is 0 Å². The molecule has 1 saturated heterocycles. The van der Waals surface area contributed by atoms with Gasteiger partial charge in [-0.05, 0) is 42.7 Å². The molecule has 1 unspecified atom stereocenters. The second-order valence-corrected chi connectivity index (χ2v) is 8.71. The first kappa shape index (κ1) is 23.6. The average molecular weight is 460 g/mol. The summed E-state index contributed by atoms with van der Waals surface area (Å²) in [5.41, 5.74) is 3.12. The van der Waals surface area contributed by atoms with Gasteiger partial charge in [-0.3, -0.25) is 14.5 Å². The highest BCUT2D eigenvalue weighted by atomic mass is 19.1. The minimum atomic E-state index is -0.384. The molecule has 4 rings (SSSR count). The Hall–Kier alpha value is -3.51. The topological polar surface area (TPSA) is 52.7 Å². The fraction of sp³-hybridized carbons (Fsp3) is 0.286. The summed E-state index contributed by atoms with van der Waals surface area (Å²) in [6.45, 7) is 4.30. The van der Waals surface area contributed by atoms with Crippen LogP contribution in [0.4, 0.5) is 10.1 Å². The Kier molecular flexibility index (Phi) is 7.70. The van der Waals surface area contributed by atoms with Crippen LogP contribution in [-0.2, 0) is 11.2 Å². The van der Waals surface area contributed by atoms with Crippen molar-refractivity contribution in [2.45, 2.75) is 19.4 Å². The molecule has 0 aliphatic carbocycles. The van der Waals surface area contributed by atoms with Crippen molar-refractivity contribution in [3.8, 4) is 0 Å². The predicted octanol–water partition coefficient (Wildman–Crippen LogP) is 4.25. The molecular formula is C28H30FN3O2. The van der Waals surface area contributed by atoms with Crippen molar-refractivity contribution < 1.29 is 14.0 Å². The zero-order valence-corrected chi connectivity index (χ0v) is 19.4. The molecule has 1 heterocycles. The number of benzene rings is 3. The molecule has 1 amide bonds. The third-order valence-electron chi connectivity index (χ3n) is 6.25. The van der Waals surface area contributed by atoms with Gasteiger partial charge in [0, 0.05) is 31.7 Å². The zero-order valence-electron chi connectivity index (χ0n) is 19.4. The van der Waals surface area contributed by atoms with Crippen LogP contribution in [-0.4, -0.2) is 49.3 Å². The molecule has 5 nitrogen and oxygen atoms in total. The number of hydrogen-bond donors (Lipinski definition) is 1. The maximum absolute atomic E-state index is 14.5. The van der Waals surface area contributed by atoms with Gasteiger partial charge < -0.3 is 10.2 Å². The molecule has 0 radical (unpaired) electrons. The lowest BCUT2D eigenvalue weighted by Crippen LogP contribution is -2.50. The second kappa shape index (κ2) is 11.1. The number of halogens is 1. The maximum atomic E-state index is 14.5. The van der Waals surface area contributed by atoms with Gasteiger partial charge in [0.05, 0.1) is 18.3 Å². The number of Topliss-reactive ketones (excluding diaryl/α,β-unsaturated/α-hetero) is 1. The Labute approximate surface area is 200 Å². The van der Waals surface area contributed by atoms with E-state index >= 15 is 0 Å². The number of carbonyl (C=O) groups excluding carboxylic acids is 2. The number of piperazine rings is 1. The number of ketones is 1. The van der Waals surface area contributed by atoms with E-state index in [4.69, 9.17) is 0 Å². The van der Waals surface area contributed by atoms with E-state index in [1.54, 1.807) is 12.1 Å². The van der Waals surface area contributed by atoms with E-state index in [-0.39, 0.29) is 23.5 Å². The van der Waals surface area contributed by atoms with Crippen molar-refractivity contribution in [2.24, 2.45) is 0 Å². The number of rotatable bonds is 8. The highest BCUT2D eigenvalue weighted by molar-refractivity contribution is 5.94. The molecule has 0 bridgehead atoms. The molecule has 3 aromatic rings. The van der Waals surface area contributed by atoms with Crippen molar-refractivity contribution in [3.05, 3.63) is 101 Å². The molecule has 0 aromatic heterocycles. The molecule has 1 aliphatic heterocycles. The Morgan fingerprint density at radius 1 is 0.912 bits per heavy atom. The number of amides is 1. The van der Waals surface area contributed by atoms with E-state index in [2.05, 4.69) is 22.3 Å². The predicted molar refractivity (Wildman–Crippen MR) is 133 cm³/mol. The fourth-order valence-corrected chi connectivity index (χ4v) is 4.36. The molecular weight excluding hydrogens is 429 g/mol. The minimum Gasteiger partial charge on any atom is -0.367 e. The molecule has 1 N–H and O–H groups in total. The van der Waals surface area contributed by atoms with Crippen molar-refractivity contribution in [1.29, 1.82) is 0 Å². The van der Waals surface area contributed by atoms with Crippen LogP contribution in [0.2, 0.25) is 0 Å². The fourth-order valence-electron chi connectivity index (χ4n) is 4.36. The van der Waals surface area contributed by atoms with Gasteiger partial charge in [-0.1, -0.05) is 60.7 Å². The third kappa shape index (κ3) is 6.08. The summed E-state index contributed by atoms with van der Waals surface area (Å²) < 4.78 is 14.5. The van der Waals surface area contributed by atoms with Gasteiger partial charge in [0.15, 0.2) is 5.78 Å². The molecule has 0 spiro atoms. The highest BCUT2D eigenvalue weighted by Gasteiger charge is 2.23. The van der Waals surface area contributed by atoms with Gasteiger partial charge in [0.25, 0.3) is 0 Å². The zero-order chi connectivity index (χ0) is 23.9. The summed E-state index contributed by atoms with van der Waals surface area (Å²) in [7, 11) is 0. The van der Waals surface area contributed by atoms with Crippen LogP contribution in [0.25, 0.3) is 0 Å². The maximum Gasteiger partial charge on any atom is 0.234 e. The van der Waals surface area contributed by atoms with Crippen LogP contribution in [0.5, 0.6) is 0 Å². The molecule has 1 fully saturated rings. The first-order valence-corrected chi connectivity index (χ1v) is 11.7. The lowest BCUT2D eigenvalue weighted by molar-refractivity contribution is -0.123. The van der Waals surface area contributed by atoms with Gasteiger partial charge in [0.2, 0.25) is 5.91 Å². The molecule has 0 saturated carbocycles. The lowest BCUT2D eigenvalue weighted by atomic mass is 9.99. The van der Waals surface area contributed by atoms with Gasteiger partial charge in [-0.15, -0.1) is 0 Å². The van der Waals surface area contributed by atoms with E-state index in [9.17, 15) is 14.0 Å². The largest absolute Gasteiger partial charge is 0.367 e. The number of anilines is 1. The number of carbonyl (C=O) groups is 2. The number of nitrogens with one attached hydrogen (secondary N) is 1. The first-order valence-electron chi connectivity index (χ1n) is 11.7. The Bertz CT molecular complexity index is 1110. The van der Waals surface area contributed by atoms with Crippen LogP contribution < -0.4 is 10.2 Å². The molecule has 1 aliphatic rings. The van der Waals surface area contributed by atoms with Crippen LogP contribution >= 0.6 is 0 Å². The monoisotopic (exact) mass is 459 g/mol. The number of nitrogens with zero attached hydrogens (tertiary/aromatic N) is 2. The van der Waals surface area contributed by atoms with E-state index in [0.717, 1.165) is 12.0 Å². The lowest BCUT2D eigenvalue weighted by Gasteiger charge is -2.36. The molecule has 1 atom stereocenters. The molecule has 34 heavy (non-hydrogen) atoms. The Morgan fingerprint density at radius 2 is 1.56 bits per heavy atom. The highest BCUT2D eigenvalue weighted by Crippen LogP contribution is 2.23. The summed E-state index contributed by atoms with van der Waals surface area (Å²) in [4.78, 5) is 28.5. The number of hydrogen-bond acceptors (Lipinski definition) is 4. The summed E-state index contributed by atoms with van der Waals surface area (Å²) >= 11 is 0. The van der Waals surface area contributed by atoms with Gasteiger partial charge in [-0.2, -0.15) is 0 Å². The normalized spacial score (nSPS) is 15.1. The van der Waals surface area contributed by atoms with Crippen molar-refractivity contribution >= 4 is 17.4 Å². The smallest absolute Gasteiger partial charge is 0.234 e. The van der Waals surface area contributed by atoms with Gasteiger partial charge in [0.1, 0.15) is 5.82 Å². The molecule has 176 valence electrons. The quantitative estimate of drug-likeness (QED) is 0.512. The van der Waals surface area contributed by atoms with Crippen molar-refractivity contribution in [1.82, 2.24) is 10.2 Å². The van der Waals surface area contributed by atoms with Crippen molar-refractivity contribution in [2.75, 3.05) is 37.6 Å². The van der Waals surface area contributed by atoms with Crippen LogP contribution in [0.15, 0.2) is 78.9 Å². The second-order valence-electron chi connectivity index (χ2n) is 8.71. The summed E-state index contributed by atoms with van der Waals surface area (Å²) in [5.74, 6) is -0.553. The van der Waals surface area contributed by atoms with E-state index in [1.807, 2.05) is 53.4 Å². The summed E-state index contributed by atoms with van der Waals surface area (Å²) in [6.07, 6.45) is 0.722. The first-order chi connectivity index (χ1) is 16.5. The van der Waals surface area contributed by atoms with E-state index in [0.29, 0.717) is 44.0 Å². The third-order valence-corrected chi connectivity index (χ3v) is 6.25. The van der Waals surface area contributed by atoms with Crippen molar-refractivity contribution in [3.63, 3.8) is 0 Å². The summed E-state index contributed by atoms with van der Waals surface area (Å²) in [6, 6.07) is 24.7. The summed E-state index contributed by atoms with van der Waals surface area (Å²) in [5, 5.41) is 3.21. The van der Waals surface area contributed by atoms with Gasteiger partial charge >= 0.3 is 0 Å². The SMILES string of the molecule is CC(=O)c1ccc(N2CCN(CC(=O)NC(Cc3ccccc3)c3ccccc3)CC2)c(F)c1. The standard InChI is InChI=1S/C28H30FN3O2/c1-21(33)24-12-13-27(25(29)19-24)32-16-14-31(15-17-32)20-28(34)30-26(23-10-6-3-7-11-23)18-22-8-4-2-5-9-22/h2-13,19,26H,14-18,20H2,1H3,(H,30,34). The minimum absolute atomic E-state index is 0.0183. The average Bonchev–Trinajstić information content (AvgIpc) is 2.85. The van der Waals surface area contributed by atoms with Gasteiger partial charge in [-0.25, -0.2) is 4.39 Å². The Balaban J connectivity index is 1.34. The Morgan fingerprint density at radius 3 is 2.18 bits per heavy atom. The van der Waals surface area contributed by atoms with Crippen LogP contribution in [0, 0.1) is 5.82 Å².